The summed E-state index contributed by atoms with van der Waals surface area (Å²) in [6.07, 6.45) is 3.01. The van der Waals surface area contributed by atoms with Crippen LogP contribution in [-0.2, 0) is 9.53 Å². The van der Waals surface area contributed by atoms with Gasteiger partial charge in [0.2, 0.25) is 0 Å². The third kappa shape index (κ3) is 1.99. The molecule has 0 aliphatic carbocycles. The SMILES string of the molecule is O=C1CCC(CCCO)O1. The average molecular weight is 144 g/mol. The van der Waals surface area contributed by atoms with Gasteiger partial charge in [0.25, 0.3) is 0 Å². The lowest BCUT2D eigenvalue weighted by atomic mass is 10.1. The maximum atomic E-state index is 10.5. The second-order valence-electron chi connectivity index (χ2n) is 2.52. The van der Waals surface area contributed by atoms with Gasteiger partial charge in [0.15, 0.2) is 0 Å². The normalized spacial score (nSPS) is 24.9. The number of carbonyl (C=O) groups excluding carboxylic acids is 1. The lowest BCUT2D eigenvalue weighted by Gasteiger charge is -2.05. The number of aliphatic hydroxyl groups excluding tert-OH is 1. The van der Waals surface area contributed by atoms with Crippen LogP contribution in [0.25, 0.3) is 0 Å². The second kappa shape index (κ2) is 3.56. The van der Waals surface area contributed by atoms with Crippen molar-refractivity contribution in [1.29, 1.82) is 0 Å². The molecule has 0 aromatic heterocycles. The fraction of sp³-hybridized carbons (Fsp3) is 0.857. The van der Waals surface area contributed by atoms with E-state index in [1.54, 1.807) is 0 Å². The molecule has 1 heterocycles. The molecule has 3 heteroatoms. The molecule has 0 saturated carbocycles. The summed E-state index contributed by atoms with van der Waals surface area (Å²) >= 11 is 0. The molecule has 3 nitrogen and oxygen atoms in total. The van der Waals surface area contributed by atoms with Gasteiger partial charge in [-0.3, -0.25) is 4.79 Å². The standard InChI is InChI=1S/C7H12O3/c8-5-1-2-6-3-4-7(9)10-6/h6,8H,1-5H2. The van der Waals surface area contributed by atoms with Crippen molar-refractivity contribution >= 4 is 5.97 Å². The summed E-state index contributed by atoms with van der Waals surface area (Å²) < 4.78 is 4.91. The van der Waals surface area contributed by atoms with E-state index < -0.39 is 0 Å². The molecular weight excluding hydrogens is 132 g/mol. The van der Waals surface area contributed by atoms with Crippen LogP contribution in [0.3, 0.4) is 0 Å². The van der Waals surface area contributed by atoms with Crippen LogP contribution in [-0.4, -0.2) is 23.8 Å². The van der Waals surface area contributed by atoms with E-state index in [4.69, 9.17) is 9.84 Å². The van der Waals surface area contributed by atoms with Crippen LogP contribution in [0.2, 0.25) is 0 Å². The molecule has 1 aliphatic heterocycles. The van der Waals surface area contributed by atoms with Gasteiger partial charge in [-0.1, -0.05) is 0 Å². The summed E-state index contributed by atoms with van der Waals surface area (Å²) in [5, 5.41) is 8.45. The van der Waals surface area contributed by atoms with E-state index in [0.29, 0.717) is 6.42 Å². The molecule has 1 rings (SSSR count). The third-order valence-corrected chi connectivity index (χ3v) is 1.65. The maximum Gasteiger partial charge on any atom is 0.306 e. The molecular formula is C7H12O3. The van der Waals surface area contributed by atoms with Gasteiger partial charge in [0, 0.05) is 13.0 Å². The molecule has 1 saturated heterocycles. The zero-order valence-corrected chi connectivity index (χ0v) is 5.88. The van der Waals surface area contributed by atoms with Gasteiger partial charge < -0.3 is 9.84 Å². The molecule has 1 atom stereocenters. The Balaban J connectivity index is 2.12. The zero-order valence-electron chi connectivity index (χ0n) is 5.88. The quantitative estimate of drug-likeness (QED) is 0.585. The Morgan fingerprint density at radius 3 is 3.00 bits per heavy atom. The van der Waals surface area contributed by atoms with Crippen LogP contribution in [0.1, 0.15) is 25.7 Å². The fourth-order valence-corrected chi connectivity index (χ4v) is 1.10. The molecule has 1 N–H and O–H groups in total. The fourth-order valence-electron chi connectivity index (χ4n) is 1.10. The number of rotatable bonds is 3. The lowest BCUT2D eigenvalue weighted by Crippen LogP contribution is -2.06. The van der Waals surface area contributed by atoms with Crippen LogP contribution in [0.15, 0.2) is 0 Å². The minimum absolute atomic E-state index is 0.0830. The van der Waals surface area contributed by atoms with Crippen LogP contribution in [0.4, 0.5) is 0 Å². The molecule has 0 amide bonds. The van der Waals surface area contributed by atoms with Crippen molar-refractivity contribution in [3.63, 3.8) is 0 Å². The highest BCUT2D eigenvalue weighted by atomic mass is 16.5. The summed E-state index contributed by atoms with van der Waals surface area (Å²) in [5.41, 5.74) is 0. The monoisotopic (exact) mass is 144 g/mol. The van der Waals surface area contributed by atoms with E-state index in [2.05, 4.69) is 0 Å². The van der Waals surface area contributed by atoms with Gasteiger partial charge in [-0.15, -0.1) is 0 Å². The summed E-state index contributed by atoms with van der Waals surface area (Å²) in [6.45, 7) is 0.189. The summed E-state index contributed by atoms with van der Waals surface area (Å²) in [6, 6.07) is 0. The van der Waals surface area contributed by atoms with Gasteiger partial charge in [0.05, 0.1) is 0 Å². The Hall–Kier alpha value is -0.570. The molecule has 0 aromatic rings. The van der Waals surface area contributed by atoms with Gasteiger partial charge in [-0.25, -0.2) is 0 Å². The number of carbonyl (C=O) groups is 1. The van der Waals surface area contributed by atoms with Crippen molar-refractivity contribution in [2.45, 2.75) is 31.8 Å². The minimum atomic E-state index is -0.0945. The highest BCUT2D eigenvalue weighted by Crippen LogP contribution is 2.17. The summed E-state index contributed by atoms with van der Waals surface area (Å²) in [4.78, 5) is 10.5. The van der Waals surface area contributed by atoms with Crippen molar-refractivity contribution in [3.8, 4) is 0 Å². The molecule has 0 spiro atoms. The molecule has 0 radical (unpaired) electrons. The molecule has 0 bridgehead atoms. The number of hydrogen-bond acceptors (Lipinski definition) is 3. The van der Waals surface area contributed by atoms with E-state index in [1.165, 1.54) is 0 Å². The average Bonchev–Trinajstić information content (AvgIpc) is 2.31. The third-order valence-electron chi connectivity index (χ3n) is 1.65. The number of cyclic esters (lactones) is 1. The van der Waals surface area contributed by atoms with Crippen molar-refractivity contribution in [1.82, 2.24) is 0 Å². The van der Waals surface area contributed by atoms with Gasteiger partial charge in [-0.05, 0) is 19.3 Å². The van der Waals surface area contributed by atoms with Gasteiger partial charge >= 0.3 is 5.97 Å². The highest BCUT2D eigenvalue weighted by Gasteiger charge is 2.21. The molecule has 1 unspecified atom stereocenters. The molecule has 1 fully saturated rings. The highest BCUT2D eigenvalue weighted by molar-refractivity contribution is 5.71. The Kier molecular flexibility index (Phi) is 2.68. The first-order valence-corrected chi connectivity index (χ1v) is 3.63. The van der Waals surface area contributed by atoms with Crippen molar-refractivity contribution in [3.05, 3.63) is 0 Å². The number of hydrogen-bond donors (Lipinski definition) is 1. The Labute approximate surface area is 60.0 Å². The molecule has 58 valence electrons. The van der Waals surface area contributed by atoms with Crippen LogP contribution >= 0.6 is 0 Å². The maximum absolute atomic E-state index is 10.5. The van der Waals surface area contributed by atoms with E-state index in [-0.39, 0.29) is 18.7 Å². The predicted molar refractivity (Wildman–Crippen MR) is 35.4 cm³/mol. The molecule has 0 aromatic carbocycles. The first-order valence-electron chi connectivity index (χ1n) is 3.63. The number of esters is 1. The summed E-state index contributed by atoms with van der Waals surface area (Å²) in [7, 11) is 0. The number of aliphatic hydroxyl groups is 1. The zero-order chi connectivity index (χ0) is 7.40. The van der Waals surface area contributed by atoms with Gasteiger partial charge in [-0.2, -0.15) is 0 Å². The smallest absolute Gasteiger partial charge is 0.306 e. The first kappa shape index (κ1) is 7.54. The Morgan fingerprint density at radius 2 is 2.50 bits per heavy atom. The largest absolute Gasteiger partial charge is 0.462 e. The lowest BCUT2D eigenvalue weighted by molar-refractivity contribution is -0.141. The topological polar surface area (TPSA) is 46.5 Å². The van der Waals surface area contributed by atoms with E-state index >= 15 is 0 Å². The molecule has 10 heavy (non-hydrogen) atoms. The Bertz CT molecular complexity index is 122. The number of ether oxygens (including phenoxy) is 1. The second-order valence-corrected chi connectivity index (χ2v) is 2.52. The van der Waals surface area contributed by atoms with E-state index in [1.807, 2.05) is 0 Å². The van der Waals surface area contributed by atoms with Crippen LogP contribution in [0, 0.1) is 0 Å². The van der Waals surface area contributed by atoms with Crippen molar-refractivity contribution in [2.75, 3.05) is 6.61 Å². The van der Waals surface area contributed by atoms with Crippen molar-refractivity contribution < 1.29 is 14.6 Å². The molecule has 1 aliphatic rings. The predicted octanol–water partition coefficient (Wildman–Crippen LogP) is 0.464. The van der Waals surface area contributed by atoms with E-state index in [9.17, 15) is 4.79 Å². The van der Waals surface area contributed by atoms with Crippen LogP contribution < -0.4 is 0 Å². The van der Waals surface area contributed by atoms with Crippen molar-refractivity contribution in [2.24, 2.45) is 0 Å². The first-order chi connectivity index (χ1) is 4.83. The Morgan fingerprint density at radius 1 is 1.70 bits per heavy atom. The van der Waals surface area contributed by atoms with Crippen LogP contribution in [0.5, 0.6) is 0 Å². The van der Waals surface area contributed by atoms with Gasteiger partial charge in [0.1, 0.15) is 6.10 Å². The summed E-state index contributed by atoms with van der Waals surface area (Å²) in [5.74, 6) is -0.0945. The minimum Gasteiger partial charge on any atom is -0.462 e. The van der Waals surface area contributed by atoms with E-state index in [0.717, 1.165) is 19.3 Å².